The molecule has 0 aliphatic heterocycles. The molecule has 6 heteroatoms. The van der Waals surface area contributed by atoms with Crippen LogP contribution in [0.25, 0.3) is 21.9 Å². The molecule has 0 saturated carbocycles. The standard InChI is InChI=1S/C21H16BrNO4/c1-25-20-10-14-13-6-2-4-8-17(13)27-19(14)11-16(20)23-21(24)12-26-18-9-5-3-7-15(18)22/h2-11H,12H2,1H3,(H,23,24). The Morgan fingerprint density at radius 2 is 1.78 bits per heavy atom. The summed E-state index contributed by atoms with van der Waals surface area (Å²) in [5.41, 5.74) is 2.00. The van der Waals surface area contributed by atoms with E-state index in [4.69, 9.17) is 13.9 Å². The van der Waals surface area contributed by atoms with Crippen LogP contribution in [-0.2, 0) is 4.79 Å². The first-order valence-electron chi connectivity index (χ1n) is 8.32. The Morgan fingerprint density at radius 3 is 2.59 bits per heavy atom. The number of methoxy groups -OCH3 is 1. The molecule has 1 aromatic heterocycles. The summed E-state index contributed by atoms with van der Waals surface area (Å²) >= 11 is 3.39. The van der Waals surface area contributed by atoms with Crippen LogP contribution in [-0.4, -0.2) is 19.6 Å². The minimum Gasteiger partial charge on any atom is -0.495 e. The predicted molar refractivity (Wildman–Crippen MR) is 109 cm³/mol. The molecule has 0 aliphatic rings. The molecule has 0 unspecified atom stereocenters. The van der Waals surface area contributed by atoms with Gasteiger partial charge in [0.1, 0.15) is 22.7 Å². The summed E-state index contributed by atoms with van der Waals surface area (Å²) in [7, 11) is 1.57. The normalized spacial score (nSPS) is 10.9. The molecule has 3 aromatic carbocycles. The van der Waals surface area contributed by atoms with Crippen LogP contribution in [0, 0.1) is 0 Å². The first-order chi connectivity index (χ1) is 13.2. The molecule has 4 aromatic rings. The summed E-state index contributed by atoms with van der Waals surface area (Å²) in [4.78, 5) is 12.3. The van der Waals surface area contributed by atoms with E-state index in [2.05, 4.69) is 21.2 Å². The molecule has 0 bridgehead atoms. The van der Waals surface area contributed by atoms with Crippen molar-refractivity contribution in [2.45, 2.75) is 0 Å². The lowest BCUT2D eigenvalue weighted by Crippen LogP contribution is -2.20. The third-order valence-corrected chi connectivity index (χ3v) is 4.82. The summed E-state index contributed by atoms with van der Waals surface area (Å²) in [5.74, 6) is 0.871. The molecule has 0 saturated heterocycles. The highest BCUT2D eigenvalue weighted by molar-refractivity contribution is 9.10. The average Bonchev–Trinajstić information content (AvgIpc) is 3.04. The Bertz CT molecular complexity index is 1140. The van der Waals surface area contributed by atoms with Gasteiger partial charge in [-0.25, -0.2) is 0 Å². The van der Waals surface area contributed by atoms with Gasteiger partial charge in [-0.05, 0) is 40.2 Å². The maximum Gasteiger partial charge on any atom is 0.262 e. The van der Waals surface area contributed by atoms with E-state index in [0.717, 1.165) is 20.8 Å². The first-order valence-corrected chi connectivity index (χ1v) is 9.11. The van der Waals surface area contributed by atoms with Gasteiger partial charge in [-0.3, -0.25) is 4.79 Å². The second-order valence-electron chi connectivity index (χ2n) is 5.91. The van der Waals surface area contributed by atoms with Gasteiger partial charge in [0.15, 0.2) is 6.61 Å². The zero-order chi connectivity index (χ0) is 18.8. The van der Waals surface area contributed by atoms with Gasteiger partial charge in [0.05, 0.1) is 17.3 Å². The third kappa shape index (κ3) is 3.48. The zero-order valence-corrected chi connectivity index (χ0v) is 16.1. The van der Waals surface area contributed by atoms with Gasteiger partial charge in [0.25, 0.3) is 5.91 Å². The van der Waals surface area contributed by atoms with Crippen molar-refractivity contribution >= 4 is 49.5 Å². The zero-order valence-electron chi connectivity index (χ0n) is 14.5. The van der Waals surface area contributed by atoms with Gasteiger partial charge in [-0.15, -0.1) is 0 Å². The topological polar surface area (TPSA) is 60.7 Å². The lowest BCUT2D eigenvalue weighted by Gasteiger charge is -2.11. The van der Waals surface area contributed by atoms with Crippen LogP contribution < -0.4 is 14.8 Å². The van der Waals surface area contributed by atoms with E-state index in [1.165, 1.54) is 0 Å². The average molecular weight is 426 g/mol. The minimum absolute atomic E-state index is 0.121. The van der Waals surface area contributed by atoms with Gasteiger partial charge in [0.2, 0.25) is 0 Å². The molecule has 27 heavy (non-hydrogen) atoms. The van der Waals surface area contributed by atoms with Crippen LogP contribution in [0.1, 0.15) is 0 Å². The van der Waals surface area contributed by atoms with Crippen LogP contribution in [0.15, 0.2) is 69.6 Å². The number of hydrogen-bond donors (Lipinski definition) is 1. The van der Waals surface area contributed by atoms with E-state index in [9.17, 15) is 4.79 Å². The molecular formula is C21H16BrNO4. The Kier molecular flexibility index (Phi) is 4.73. The van der Waals surface area contributed by atoms with E-state index in [1.54, 1.807) is 19.2 Å². The fraction of sp³-hybridized carbons (Fsp3) is 0.0952. The number of furan rings is 1. The molecule has 0 atom stereocenters. The second kappa shape index (κ2) is 7.32. The van der Waals surface area contributed by atoms with Crippen LogP contribution in [0.3, 0.4) is 0 Å². The van der Waals surface area contributed by atoms with Gasteiger partial charge in [0, 0.05) is 16.8 Å². The van der Waals surface area contributed by atoms with Crippen molar-refractivity contribution in [1.82, 2.24) is 0 Å². The lowest BCUT2D eigenvalue weighted by molar-refractivity contribution is -0.118. The SMILES string of the molecule is COc1cc2c(cc1NC(=O)COc1ccccc1Br)oc1ccccc12. The fourth-order valence-electron chi connectivity index (χ4n) is 2.91. The monoisotopic (exact) mass is 425 g/mol. The maximum atomic E-state index is 12.3. The summed E-state index contributed by atoms with van der Waals surface area (Å²) in [6.45, 7) is -0.121. The molecule has 4 rings (SSSR count). The molecule has 5 nitrogen and oxygen atoms in total. The number of carbonyl (C=O) groups is 1. The van der Waals surface area contributed by atoms with E-state index in [-0.39, 0.29) is 12.5 Å². The number of amides is 1. The Balaban J connectivity index is 1.58. The number of para-hydroxylation sites is 2. The molecule has 0 spiro atoms. The molecule has 1 N–H and O–H groups in total. The van der Waals surface area contributed by atoms with Gasteiger partial charge in [-0.1, -0.05) is 30.3 Å². The number of nitrogens with one attached hydrogen (secondary N) is 1. The number of fused-ring (bicyclic) bond motifs is 3. The Hall–Kier alpha value is -2.99. The minimum atomic E-state index is -0.292. The number of rotatable bonds is 5. The van der Waals surface area contributed by atoms with Gasteiger partial charge < -0.3 is 19.2 Å². The number of benzene rings is 3. The quantitative estimate of drug-likeness (QED) is 0.466. The van der Waals surface area contributed by atoms with Gasteiger partial charge in [-0.2, -0.15) is 0 Å². The molecule has 0 fully saturated rings. The third-order valence-electron chi connectivity index (χ3n) is 4.17. The van der Waals surface area contributed by atoms with Crippen molar-refractivity contribution in [2.75, 3.05) is 19.0 Å². The lowest BCUT2D eigenvalue weighted by atomic mass is 10.1. The van der Waals surface area contributed by atoms with Crippen molar-refractivity contribution < 1.29 is 18.7 Å². The highest BCUT2D eigenvalue weighted by atomic mass is 79.9. The molecule has 136 valence electrons. The first kappa shape index (κ1) is 17.4. The van der Waals surface area contributed by atoms with Crippen LogP contribution in [0.5, 0.6) is 11.5 Å². The summed E-state index contributed by atoms with van der Waals surface area (Å²) in [6.07, 6.45) is 0. The van der Waals surface area contributed by atoms with Crippen molar-refractivity contribution in [3.05, 3.63) is 65.1 Å². The largest absolute Gasteiger partial charge is 0.495 e. The van der Waals surface area contributed by atoms with Crippen LogP contribution in [0.2, 0.25) is 0 Å². The Labute approximate surface area is 164 Å². The van der Waals surface area contributed by atoms with Crippen molar-refractivity contribution in [3.8, 4) is 11.5 Å². The number of anilines is 1. The predicted octanol–water partition coefficient (Wildman–Crippen LogP) is 5.37. The Morgan fingerprint density at radius 1 is 1.00 bits per heavy atom. The van der Waals surface area contributed by atoms with E-state index < -0.39 is 0 Å². The number of hydrogen-bond acceptors (Lipinski definition) is 4. The smallest absolute Gasteiger partial charge is 0.262 e. The van der Waals surface area contributed by atoms with E-state index >= 15 is 0 Å². The fourth-order valence-corrected chi connectivity index (χ4v) is 3.31. The summed E-state index contributed by atoms with van der Waals surface area (Å²) in [5, 5.41) is 4.76. The highest BCUT2D eigenvalue weighted by Crippen LogP contribution is 2.36. The second-order valence-corrected chi connectivity index (χ2v) is 6.77. The maximum absolute atomic E-state index is 12.3. The number of carbonyl (C=O) groups excluding carboxylic acids is 1. The van der Waals surface area contributed by atoms with Crippen molar-refractivity contribution in [3.63, 3.8) is 0 Å². The number of ether oxygens (including phenoxy) is 2. The van der Waals surface area contributed by atoms with Crippen molar-refractivity contribution in [1.29, 1.82) is 0 Å². The van der Waals surface area contributed by atoms with E-state index in [1.807, 2.05) is 48.5 Å². The van der Waals surface area contributed by atoms with Crippen molar-refractivity contribution in [2.24, 2.45) is 0 Å². The van der Waals surface area contributed by atoms with E-state index in [0.29, 0.717) is 22.8 Å². The van der Waals surface area contributed by atoms with Gasteiger partial charge >= 0.3 is 0 Å². The molecule has 1 amide bonds. The molecule has 1 heterocycles. The van der Waals surface area contributed by atoms with Crippen LogP contribution >= 0.6 is 15.9 Å². The molecule has 0 radical (unpaired) electrons. The number of halogens is 1. The van der Waals surface area contributed by atoms with Crippen LogP contribution in [0.4, 0.5) is 5.69 Å². The summed E-state index contributed by atoms with van der Waals surface area (Å²) in [6, 6.07) is 18.8. The highest BCUT2D eigenvalue weighted by Gasteiger charge is 2.14. The summed E-state index contributed by atoms with van der Waals surface area (Å²) < 4.78 is 17.7. The molecule has 0 aliphatic carbocycles. The molecular weight excluding hydrogens is 410 g/mol.